The van der Waals surface area contributed by atoms with Gasteiger partial charge in [0.25, 0.3) is 0 Å². The van der Waals surface area contributed by atoms with E-state index < -0.39 is 6.10 Å². The van der Waals surface area contributed by atoms with E-state index in [0.717, 1.165) is 19.3 Å². The van der Waals surface area contributed by atoms with Crippen molar-refractivity contribution in [2.75, 3.05) is 7.11 Å². The molecular formula is C12H26O3. The molecule has 2 N–H and O–H groups in total. The van der Waals surface area contributed by atoms with Gasteiger partial charge < -0.3 is 14.9 Å². The molecule has 0 amide bonds. The van der Waals surface area contributed by atoms with Crippen LogP contribution in [0.5, 0.6) is 0 Å². The molecule has 0 saturated carbocycles. The van der Waals surface area contributed by atoms with Crippen molar-refractivity contribution >= 4 is 0 Å². The summed E-state index contributed by atoms with van der Waals surface area (Å²) >= 11 is 0. The number of hydrogen-bond acceptors (Lipinski definition) is 3. The lowest BCUT2D eigenvalue weighted by atomic mass is 9.92. The minimum absolute atomic E-state index is 0.110. The maximum Gasteiger partial charge on any atom is 0.0827 e. The molecule has 4 atom stereocenters. The van der Waals surface area contributed by atoms with Crippen LogP contribution in [0.1, 0.15) is 46.5 Å². The Bertz CT molecular complexity index is 146. The van der Waals surface area contributed by atoms with Crippen LogP contribution < -0.4 is 0 Å². The zero-order valence-electron chi connectivity index (χ0n) is 10.4. The Morgan fingerprint density at radius 2 is 1.73 bits per heavy atom. The molecule has 0 fully saturated rings. The fourth-order valence-electron chi connectivity index (χ4n) is 1.87. The summed E-state index contributed by atoms with van der Waals surface area (Å²) in [5, 5.41) is 19.6. The second-order valence-electron chi connectivity index (χ2n) is 4.32. The molecule has 0 rings (SSSR count). The summed E-state index contributed by atoms with van der Waals surface area (Å²) in [6.07, 6.45) is 2.30. The van der Waals surface area contributed by atoms with Gasteiger partial charge in [-0.05, 0) is 25.2 Å². The highest BCUT2D eigenvalue weighted by Crippen LogP contribution is 2.18. The fraction of sp³-hybridized carbons (Fsp3) is 1.00. The summed E-state index contributed by atoms with van der Waals surface area (Å²) in [7, 11) is 1.62. The molecule has 0 aromatic carbocycles. The Morgan fingerprint density at radius 1 is 1.13 bits per heavy atom. The van der Waals surface area contributed by atoms with Crippen LogP contribution in [0, 0.1) is 5.92 Å². The molecule has 0 aliphatic heterocycles. The lowest BCUT2D eigenvalue weighted by Gasteiger charge is -2.25. The zero-order chi connectivity index (χ0) is 11.8. The van der Waals surface area contributed by atoms with Gasteiger partial charge in [-0.1, -0.05) is 27.2 Å². The van der Waals surface area contributed by atoms with E-state index in [1.54, 1.807) is 7.11 Å². The molecule has 0 aromatic heterocycles. The van der Waals surface area contributed by atoms with Crippen LogP contribution in [-0.4, -0.2) is 35.6 Å². The molecule has 0 aliphatic rings. The maximum absolute atomic E-state index is 9.86. The summed E-state index contributed by atoms with van der Waals surface area (Å²) in [6, 6.07) is 0. The fourth-order valence-corrected chi connectivity index (χ4v) is 1.87. The van der Waals surface area contributed by atoms with E-state index in [9.17, 15) is 10.2 Å². The van der Waals surface area contributed by atoms with Gasteiger partial charge in [0.2, 0.25) is 0 Å². The van der Waals surface area contributed by atoms with Gasteiger partial charge >= 0.3 is 0 Å². The Kier molecular flexibility index (Phi) is 8.02. The van der Waals surface area contributed by atoms with Gasteiger partial charge in [-0.25, -0.2) is 0 Å². The van der Waals surface area contributed by atoms with Crippen molar-refractivity contribution in [3.63, 3.8) is 0 Å². The predicted octanol–water partition coefficient (Wildman–Crippen LogP) is 1.96. The van der Waals surface area contributed by atoms with E-state index in [-0.39, 0.29) is 18.1 Å². The van der Waals surface area contributed by atoms with Crippen LogP contribution in [0.25, 0.3) is 0 Å². The van der Waals surface area contributed by atoms with Crippen molar-refractivity contribution in [1.29, 1.82) is 0 Å². The number of methoxy groups -OCH3 is 1. The molecule has 0 radical (unpaired) electrons. The first kappa shape index (κ1) is 14.9. The van der Waals surface area contributed by atoms with Gasteiger partial charge in [0.05, 0.1) is 18.3 Å². The van der Waals surface area contributed by atoms with Crippen molar-refractivity contribution in [1.82, 2.24) is 0 Å². The molecule has 15 heavy (non-hydrogen) atoms. The summed E-state index contributed by atoms with van der Waals surface area (Å²) in [5.41, 5.74) is 0. The van der Waals surface area contributed by atoms with E-state index in [4.69, 9.17) is 4.74 Å². The van der Waals surface area contributed by atoms with Crippen LogP contribution in [0.2, 0.25) is 0 Å². The lowest BCUT2D eigenvalue weighted by molar-refractivity contribution is -0.0347. The van der Waals surface area contributed by atoms with E-state index in [1.807, 2.05) is 13.8 Å². The third-order valence-corrected chi connectivity index (χ3v) is 2.99. The Labute approximate surface area is 93.5 Å². The molecule has 0 heterocycles. The molecule has 3 nitrogen and oxygen atoms in total. The van der Waals surface area contributed by atoms with Gasteiger partial charge in [0.15, 0.2) is 0 Å². The topological polar surface area (TPSA) is 49.7 Å². The Morgan fingerprint density at radius 3 is 2.13 bits per heavy atom. The van der Waals surface area contributed by atoms with Crippen molar-refractivity contribution in [3.05, 3.63) is 0 Å². The normalized spacial score (nSPS) is 19.6. The SMILES string of the molecule is CCCC(O)[C@H](C)C[C@@H](O)C(CC)OC. The molecule has 0 aliphatic carbocycles. The van der Waals surface area contributed by atoms with Crippen LogP contribution >= 0.6 is 0 Å². The van der Waals surface area contributed by atoms with E-state index in [2.05, 4.69) is 6.92 Å². The number of aliphatic hydroxyl groups is 2. The largest absolute Gasteiger partial charge is 0.393 e. The van der Waals surface area contributed by atoms with Crippen molar-refractivity contribution in [2.45, 2.75) is 64.8 Å². The summed E-state index contributed by atoms with van der Waals surface area (Å²) < 4.78 is 5.17. The van der Waals surface area contributed by atoms with Crippen molar-refractivity contribution in [2.24, 2.45) is 5.92 Å². The molecule has 0 saturated heterocycles. The first-order valence-electron chi connectivity index (χ1n) is 5.95. The molecule has 0 spiro atoms. The van der Waals surface area contributed by atoms with Crippen molar-refractivity contribution in [3.8, 4) is 0 Å². The highest BCUT2D eigenvalue weighted by Gasteiger charge is 2.22. The quantitative estimate of drug-likeness (QED) is 0.655. The van der Waals surface area contributed by atoms with Gasteiger partial charge in [0.1, 0.15) is 0 Å². The summed E-state index contributed by atoms with van der Waals surface area (Å²) in [5.74, 6) is 0.129. The van der Waals surface area contributed by atoms with Gasteiger partial charge in [-0.3, -0.25) is 0 Å². The summed E-state index contributed by atoms with van der Waals surface area (Å²) in [4.78, 5) is 0. The molecule has 3 heteroatoms. The van der Waals surface area contributed by atoms with Crippen LogP contribution in [-0.2, 0) is 4.74 Å². The lowest BCUT2D eigenvalue weighted by Crippen LogP contribution is -2.32. The number of hydrogen-bond donors (Lipinski definition) is 2. The highest BCUT2D eigenvalue weighted by atomic mass is 16.5. The summed E-state index contributed by atoms with van der Waals surface area (Å²) in [6.45, 7) is 6.02. The van der Waals surface area contributed by atoms with Gasteiger partial charge in [-0.2, -0.15) is 0 Å². The van der Waals surface area contributed by atoms with Gasteiger partial charge in [-0.15, -0.1) is 0 Å². The molecule has 2 unspecified atom stereocenters. The average Bonchev–Trinajstić information content (AvgIpc) is 2.19. The number of aliphatic hydroxyl groups excluding tert-OH is 2. The second-order valence-corrected chi connectivity index (χ2v) is 4.32. The van der Waals surface area contributed by atoms with Crippen LogP contribution in [0.15, 0.2) is 0 Å². The van der Waals surface area contributed by atoms with Crippen LogP contribution in [0.4, 0.5) is 0 Å². The number of ether oxygens (including phenoxy) is 1. The molecule has 92 valence electrons. The minimum atomic E-state index is -0.471. The standard InChI is InChI=1S/C12H26O3/c1-5-7-10(13)9(3)8-11(14)12(6-2)15-4/h9-14H,5-8H2,1-4H3/t9-,10?,11-,12?/m1/s1. The number of rotatable bonds is 8. The Balaban J connectivity index is 3.98. The third kappa shape index (κ3) is 5.50. The minimum Gasteiger partial charge on any atom is -0.393 e. The monoisotopic (exact) mass is 218 g/mol. The van der Waals surface area contributed by atoms with Gasteiger partial charge in [0, 0.05) is 7.11 Å². The molecular weight excluding hydrogens is 192 g/mol. The highest BCUT2D eigenvalue weighted by molar-refractivity contribution is 4.73. The first-order chi connectivity index (χ1) is 7.06. The zero-order valence-corrected chi connectivity index (χ0v) is 10.4. The van der Waals surface area contributed by atoms with E-state index in [0.29, 0.717) is 6.42 Å². The van der Waals surface area contributed by atoms with Crippen molar-refractivity contribution < 1.29 is 14.9 Å². The van der Waals surface area contributed by atoms with Crippen LogP contribution in [0.3, 0.4) is 0 Å². The first-order valence-corrected chi connectivity index (χ1v) is 5.95. The smallest absolute Gasteiger partial charge is 0.0827 e. The predicted molar refractivity (Wildman–Crippen MR) is 61.8 cm³/mol. The third-order valence-electron chi connectivity index (χ3n) is 2.99. The average molecular weight is 218 g/mol. The maximum atomic E-state index is 9.86. The molecule has 0 bridgehead atoms. The second kappa shape index (κ2) is 8.08. The molecule has 0 aromatic rings. The van der Waals surface area contributed by atoms with E-state index in [1.165, 1.54) is 0 Å². The van der Waals surface area contributed by atoms with E-state index >= 15 is 0 Å². The Hall–Kier alpha value is -0.120.